The molecule has 0 N–H and O–H groups in total. The van der Waals surface area contributed by atoms with Crippen LogP contribution in [0.15, 0.2) is 0 Å². The molecule has 0 heterocycles. The van der Waals surface area contributed by atoms with Gasteiger partial charge in [0.15, 0.2) is 0 Å². The van der Waals surface area contributed by atoms with Gasteiger partial charge in [0.2, 0.25) is 0 Å². The summed E-state index contributed by atoms with van der Waals surface area (Å²) in [6.45, 7) is 0. The maximum absolute atomic E-state index is 3.30. The summed E-state index contributed by atoms with van der Waals surface area (Å²) >= 11 is 3.30. The summed E-state index contributed by atoms with van der Waals surface area (Å²) in [7, 11) is 0.451. The molecule has 0 aromatic rings. The Bertz CT molecular complexity index is 14.4. The minimum Gasteiger partial charge on any atom is -0.454 e. The topological polar surface area (TPSA) is 0 Å². The standard InChI is InChI=1S/C2H6BrS.Cu/c1-4(2)3;/h1-2H3;/q-1;+1. The monoisotopic (exact) mass is 204 g/mol. The third kappa shape index (κ3) is 33.0. The molecule has 0 aliphatic carbocycles. The number of hydrogen-bond acceptors (Lipinski definition) is 1. The zero-order valence-corrected chi connectivity index (χ0v) is 6.43. The Labute approximate surface area is 53.7 Å². The third-order valence-corrected chi connectivity index (χ3v) is 0. The van der Waals surface area contributed by atoms with E-state index in [1.165, 1.54) is 0 Å². The SMILES string of the molecule is C[S-](C)Br.[Cu+]. The fourth-order valence-electron chi connectivity index (χ4n) is 0. The van der Waals surface area contributed by atoms with Crippen molar-refractivity contribution in [1.82, 2.24) is 0 Å². The van der Waals surface area contributed by atoms with E-state index >= 15 is 0 Å². The maximum atomic E-state index is 3.30. The molecule has 3 heteroatoms. The normalized spacial score (nSPS) is 9.00. The van der Waals surface area contributed by atoms with E-state index in [-0.39, 0.29) is 17.1 Å². The Morgan fingerprint density at radius 2 is 1.40 bits per heavy atom. The van der Waals surface area contributed by atoms with Crippen LogP contribution in [0.25, 0.3) is 0 Å². The summed E-state index contributed by atoms with van der Waals surface area (Å²) in [6, 6.07) is 0. The molecular formula is C2H6BrCuS. The molecule has 5 heavy (non-hydrogen) atoms. The molecule has 0 aromatic heterocycles. The molecule has 0 nitrogen and oxygen atoms in total. The second-order valence-corrected chi connectivity index (χ2v) is 6.04. The van der Waals surface area contributed by atoms with Crippen molar-refractivity contribution in [2.24, 2.45) is 0 Å². The minimum absolute atomic E-state index is 0. The summed E-state index contributed by atoms with van der Waals surface area (Å²) in [5.74, 6) is 0. The Morgan fingerprint density at radius 3 is 1.40 bits per heavy atom. The van der Waals surface area contributed by atoms with Gasteiger partial charge in [-0.25, -0.2) is 14.8 Å². The average molecular weight is 206 g/mol. The van der Waals surface area contributed by atoms with Crippen LogP contribution in [0.5, 0.6) is 0 Å². The van der Waals surface area contributed by atoms with Gasteiger partial charge in [0.05, 0.1) is 0 Å². The number of rotatable bonds is 0. The van der Waals surface area contributed by atoms with Gasteiger partial charge in [0.1, 0.15) is 0 Å². The molecule has 0 rings (SSSR count). The van der Waals surface area contributed by atoms with Gasteiger partial charge >= 0.3 is 17.1 Å². The summed E-state index contributed by atoms with van der Waals surface area (Å²) < 4.78 is 0. The van der Waals surface area contributed by atoms with E-state index in [1.54, 1.807) is 0 Å². The summed E-state index contributed by atoms with van der Waals surface area (Å²) in [5, 5.41) is 0. The zero-order chi connectivity index (χ0) is 3.58. The Morgan fingerprint density at radius 1 is 1.40 bits per heavy atom. The Kier molecular flexibility index (Phi) is 10.3. The van der Waals surface area contributed by atoms with E-state index in [2.05, 4.69) is 27.3 Å². The largest absolute Gasteiger partial charge is 1.00 e. The molecule has 0 bridgehead atoms. The zero-order valence-electron chi connectivity index (χ0n) is 3.09. The van der Waals surface area contributed by atoms with E-state index in [0.29, 0.717) is 9.33 Å². The smallest absolute Gasteiger partial charge is 0.454 e. The van der Waals surface area contributed by atoms with Crippen LogP contribution in [0.4, 0.5) is 0 Å². The second-order valence-electron chi connectivity index (χ2n) is 0.717. The van der Waals surface area contributed by atoms with Crippen molar-refractivity contribution in [3.63, 3.8) is 0 Å². The molecule has 0 radical (unpaired) electrons. The van der Waals surface area contributed by atoms with Crippen molar-refractivity contribution in [2.75, 3.05) is 12.5 Å². The number of halogens is 1. The van der Waals surface area contributed by atoms with Crippen LogP contribution in [-0.2, 0) is 26.4 Å². The first-order chi connectivity index (χ1) is 1.73. The number of hydrogen-bond donors (Lipinski definition) is 0. The van der Waals surface area contributed by atoms with Crippen LogP contribution < -0.4 is 0 Å². The molecule has 0 saturated heterocycles. The predicted octanol–water partition coefficient (Wildman–Crippen LogP) is 1.17. The quantitative estimate of drug-likeness (QED) is 0.412. The van der Waals surface area contributed by atoms with Gasteiger partial charge in [-0.15, -0.1) is 12.5 Å². The molecule has 0 fully saturated rings. The van der Waals surface area contributed by atoms with Crippen molar-refractivity contribution >= 4 is 24.1 Å². The minimum atomic E-state index is 0. The molecule has 0 saturated carbocycles. The van der Waals surface area contributed by atoms with Crippen molar-refractivity contribution in [3.05, 3.63) is 0 Å². The molecule has 0 aromatic carbocycles. The first kappa shape index (κ1) is 9.60. The maximum Gasteiger partial charge on any atom is 1.00 e. The van der Waals surface area contributed by atoms with Gasteiger partial charge < -0.3 is 9.33 Å². The summed E-state index contributed by atoms with van der Waals surface area (Å²) in [4.78, 5) is 0. The molecule has 0 amide bonds. The van der Waals surface area contributed by atoms with E-state index in [4.69, 9.17) is 0 Å². The average Bonchev–Trinajstić information content (AvgIpc) is 0.811. The van der Waals surface area contributed by atoms with Crippen molar-refractivity contribution in [3.8, 4) is 0 Å². The van der Waals surface area contributed by atoms with Gasteiger partial charge in [-0.1, -0.05) is 0 Å². The van der Waals surface area contributed by atoms with Gasteiger partial charge in [0.25, 0.3) is 0 Å². The molecule has 0 spiro atoms. The van der Waals surface area contributed by atoms with Crippen molar-refractivity contribution in [2.45, 2.75) is 0 Å². The van der Waals surface area contributed by atoms with Crippen LogP contribution in [-0.4, -0.2) is 12.5 Å². The van der Waals surface area contributed by atoms with Gasteiger partial charge in [-0.05, 0) is 0 Å². The van der Waals surface area contributed by atoms with Gasteiger partial charge in [0, 0.05) is 0 Å². The van der Waals surface area contributed by atoms with Crippen LogP contribution >= 0.6 is 14.8 Å². The van der Waals surface area contributed by atoms with E-state index in [9.17, 15) is 0 Å². The van der Waals surface area contributed by atoms with Crippen LogP contribution in [0, 0.1) is 0 Å². The van der Waals surface area contributed by atoms with Gasteiger partial charge in [-0.2, -0.15) is 0 Å². The summed E-state index contributed by atoms with van der Waals surface area (Å²) in [6.07, 6.45) is 4.22. The Balaban J connectivity index is 0. The molecule has 0 aliphatic heterocycles. The van der Waals surface area contributed by atoms with Crippen molar-refractivity contribution < 1.29 is 17.1 Å². The van der Waals surface area contributed by atoms with E-state index < -0.39 is 0 Å². The fraction of sp³-hybridized carbons (Fsp3) is 1.00. The summed E-state index contributed by atoms with van der Waals surface area (Å²) in [5.41, 5.74) is 0. The van der Waals surface area contributed by atoms with Crippen molar-refractivity contribution in [1.29, 1.82) is 0 Å². The predicted molar refractivity (Wildman–Crippen MR) is 28.1 cm³/mol. The van der Waals surface area contributed by atoms with Crippen LogP contribution in [0.1, 0.15) is 0 Å². The second kappa shape index (κ2) is 5.35. The van der Waals surface area contributed by atoms with Crippen LogP contribution in [0.2, 0.25) is 0 Å². The van der Waals surface area contributed by atoms with E-state index in [1.807, 2.05) is 0 Å². The molecule has 38 valence electrons. The molecule has 0 aliphatic rings. The molecule has 0 unspecified atom stereocenters. The molecular weight excluding hydrogens is 200 g/mol. The Hall–Kier alpha value is 1.35. The first-order valence-corrected chi connectivity index (χ1v) is 4.85. The van der Waals surface area contributed by atoms with Crippen LogP contribution in [0.3, 0.4) is 0 Å². The van der Waals surface area contributed by atoms with E-state index in [0.717, 1.165) is 0 Å². The molecule has 0 atom stereocenters. The third-order valence-electron chi connectivity index (χ3n) is 0. The fourth-order valence-corrected chi connectivity index (χ4v) is 0. The first-order valence-electron chi connectivity index (χ1n) is 0.971. The van der Waals surface area contributed by atoms with Gasteiger partial charge in [-0.3, -0.25) is 0 Å².